The minimum atomic E-state index is -0.952. The van der Waals surface area contributed by atoms with Crippen molar-refractivity contribution < 1.29 is 14.3 Å². The molecule has 1 amide bonds. The highest BCUT2D eigenvalue weighted by atomic mass is 16.5. The van der Waals surface area contributed by atoms with Crippen LogP contribution in [0.3, 0.4) is 0 Å². The van der Waals surface area contributed by atoms with E-state index in [1.807, 2.05) is 12.1 Å². The SMILES string of the molecule is CN1C(=O)C(Cc2ccc(C#N)cc2)COC12C=CC(=O)C=C2. The number of hydrogen-bond donors (Lipinski definition) is 0. The third kappa shape index (κ3) is 2.81. The number of likely N-dealkylation sites (N-methyl/N-ethyl adjacent to an activating group) is 1. The Morgan fingerprint density at radius 2 is 1.91 bits per heavy atom. The van der Waals surface area contributed by atoms with Crippen LogP contribution in [0.25, 0.3) is 0 Å². The highest BCUT2D eigenvalue weighted by molar-refractivity contribution is 6.00. The summed E-state index contributed by atoms with van der Waals surface area (Å²) in [6.07, 6.45) is 6.63. The van der Waals surface area contributed by atoms with E-state index in [0.29, 0.717) is 12.0 Å². The van der Waals surface area contributed by atoms with E-state index in [0.717, 1.165) is 5.56 Å². The van der Waals surface area contributed by atoms with Crippen LogP contribution in [0.1, 0.15) is 11.1 Å². The molecule has 5 heteroatoms. The molecule has 1 aromatic rings. The second-order valence-electron chi connectivity index (χ2n) is 5.74. The van der Waals surface area contributed by atoms with Crippen LogP contribution >= 0.6 is 0 Å². The van der Waals surface area contributed by atoms with E-state index in [1.165, 1.54) is 17.1 Å². The minimum Gasteiger partial charge on any atom is -0.347 e. The molecule has 3 rings (SSSR count). The lowest BCUT2D eigenvalue weighted by Gasteiger charge is -2.44. The third-order valence-electron chi connectivity index (χ3n) is 4.26. The van der Waals surface area contributed by atoms with Crippen LogP contribution in [-0.2, 0) is 20.7 Å². The van der Waals surface area contributed by atoms with Gasteiger partial charge in [-0.2, -0.15) is 5.26 Å². The van der Waals surface area contributed by atoms with Gasteiger partial charge in [-0.05, 0) is 48.4 Å². The van der Waals surface area contributed by atoms with Gasteiger partial charge in [-0.1, -0.05) is 12.1 Å². The number of allylic oxidation sites excluding steroid dienone is 2. The Morgan fingerprint density at radius 1 is 1.26 bits per heavy atom. The molecular formula is C18H16N2O3. The minimum absolute atomic E-state index is 0.0238. The molecule has 0 N–H and O–H groups in total. The first-order chi connectivity index (χ1) is 11.0. The zero-order chi connectivity index (χ0) is 16.4. The molecule has 0 radical (unpaired) electrons. The lowest BCUT2D eigenvalue weighted by molar-refractivity contribution is -0.175. The second kappa shape index (κ2) is 5.82. The average Bonchev–Trinajstić information content (AvgIpc) is 2.58. The predicted octanol–water partition coefficient (Wildman–Crippen LogP) is 1.60. The Labute approximate surface area is 134 Å². The fraction of sp³-hybridized carbons (Fsp3) is 0.278. The summed E-state index contributed by atoms with van der Waals surface area (Å²) >= 11 is 0. The first kappa shape index (κ1) is 15.2. The highest BCUT2D eigenvalue weighted by Gasteiger charge is 2.43. The number of nitrogens with zero attached hydrogens (tertiary/aromatic N) is 2. The number of benzene rings is 1. The molecule has 1 heterocycles. The monoisotopic (exact) mass is 308 g/mol. The van der Waals surface area contributed by atoms with Gasteiger partial charge >= 0.3 is 0 Å². The fourth-order valence-electron chi connectivity index (χ4n) is 2.83. The van der Waals surface area contributed by atoms with Gasteiger partial charge in [0, 0.05) is 7.05 Å². The van der Waals surface area contributed by atoms with Gasteiger partial charge in [-0.3, -0.25) is 9.59 Å². The standard InChI is InChI=1S/C18H16N2O3/c1-20-17(22)15(10-13-2-4-14(11-19)5-3-13)12-23-18(20)8-6-16(21)7-9-18/h2-9,15H,10,12H2,1H3. The maximum Gasteiger partial charge on any atom is 0.230 e. The average molecular weight is 308 g/mol. The van der Waals surface area contributed by atoms with Crippen molar-refractivity contribution in [3.63, 3.8) is 0 Å². The van der Waals surface area contributed by atoms with Gasteiger partial charge < -0.3 is 9.64 Å². The van der Waals surface area contributed by atoms with E-state index in [1.54, 1.807) is 31.3 Å². The topological polar surface area (TPSA) is 70.4 Å². The van der Waals surface area contributed by atoms with Crippen LogP contribution < -0.4 is 0 Å². The van der Waals surface area contributed by atoms with E-state index in [4.69, 9.17) is 10.00 Å². The molecule has 23 heavy (non-hydrogen) atoms. The van der Waals surface area contributed by atoms with Crippen LogP contribution in [0, 0.1) is 17.2 Å². The van der Waals surface area contributed by atoms with Crippen LogP contribution in [0.2, 0.25) is 0 Å². The summed E-state index contributed by atoms with van der Waals surface area (Å²) in [6.45, 7) is 0.284. The maximum atomic E-state index is 12.6. The lowest BCUT2D eigenvalue weighted by atomic mass is 9.93. The zero-order valence-electron chi connectivity index (χ0n) is 12.7. The molecule has 2 aliphatic rings. The molecule has 0 aromatic heterocycles. The van der Waals surface area contributed by atoms with Crippen LogP contribution in [0.15, 0.2) is 48.6 Å². The molecule has 1 atom stereocenters. The van der Waals surface area contributed by atoms with E-state index in [2.05, 4.69) is 6.07 Å². The number of carbonyl (C=O) groups excluding carboxylic acids is 2. The van der Waals surface area contributed by atoms with Crippen molar-refractivity contribution in [1.82, 2.24) is 4.90 Å². The first-order valence-electron chi connectivity index (χ1n) is 7.37. The second-order valence-corrected chi connectivity index (χ2v) is 5.74. The van der Waals surface area contributed by atoms with Gasteiger partial charge in [0.15, 0.2) is 11.5 Å². The third-order valence-corrected chi connectivity index (χ3v) is 4.26. The van der Waals surface area contributed by atoms with Crippen molar-refractivity contribution in [2.24, 2.45) is 5.92 Å². The largest absolute Gasteiger partial charge is 0.347 e. The van der Waals surface area contributed by atoms with Crippen molar-refractivity contribution in [1.29, 1.82) is 5.26 Å². The van der Waals surface area contributed by atoms with Gasteiger partial charge in [0.2, 0.25) is 5.91 Å². The number of amides is 1. The molecule has 1 spiro atoms. The van der Waals surface area contributed by atoms with Gasteiger partial charge in [0.25, 0.3) is 0 Å². The Balaban J connectivity index is 1.74. The van der Waals surface area contributed by atoms with E-state index in [-0.39, 0.29) is 24.2 Å². The van der Waals surface area contributed by atoms with Crippen molar-refractivity contribution in [3.05, 3.63) is 59.7 Å². The van der Waals surface area contributed by atoms with Crippen molar-refractivity contribution in [2.75, 3.05) is 13.7 Å². The van der Waals surface area contributed by atoms with E-state index < -0.39 is 5.72 Å². The summed E-state index contributed by atoms with van der Waals surface area (Å²) in [5.74, 6) is -0.415. The predicted molar refractivity (Wildman–Crippen MR) is 83.1 cm³/mol. The highest BCUT2D eigenvalue weighted by Crippen LogP contribution is 2.31. The Bertz CT molecular complexity index is 725. The Morgan fingerprint density at radius 3 is 2.52 bits per heavy atom. The molecule has 116 valence electrons. The number of ether oxygens (including phenoxy) is 1. The van der Waals surface area contributed by atoms with Crippen molar-refractivity contribution >= 4 is 11.7 Å². The van der Waals surface area contributed by atoms with Crippen molar-refractivity contribution in [2.45, 2.75) is 12.1 Å². The summed E-state index contributed by atoms with van der Waals surface area (Å²) in [6, 6.07) is 9.27. The summed E-state index contributed by atoms with van der Waals surface area (Å²) < 4.78 is 5.89. The molecule has 0 bridgehead atoms. The molecule has 1 aliphatic heterocycles. The van der Waals surface area contributed by atoms with Crippen LogP contribution in [0.5, 0.6) is 0 Å². The number of rotatable bonds is 2. The maximum absolute atomic E-state index is 12.6. The molecule has 5 nitrogen and oxygen atoms in total. The van der Waals surface area contributed by atoms with Crippen LogP contribution in [0.4, 0.5) is 0 Å². The molecule has 1 aromatic carbocycles. The smallest absolute Gasteiger partial charge is 0.230 e. The van der Waals surface area contributed by atoms with E-state index in [9.17, 15) is 9.59 Å². The molecule has 0 saturated carbocycles. The molecular weight excluding hydrogens is 292 g/mol. The van der Waals surface area contributed by atoms with Crippen molar-refractivity contribution in [3.8, 4) is 6.07 Å². The van der Waals surface area contributed by atoms with Gasteiger partial charge in [0.05, 0.1) is 24.2 Å². The van der Waals surface area contributed by atoms with Gasteiger partial charge in [0.1, 0.15) is 0 Å². The van der Waals surface area contributed by atoms with Gasteiger partial charge in [-0.15, -0.1) is 0 Å². The van der Waals surface area contributed by atoms with E-state index >= 15 is 0 Å². The lowest BCUT2D eigenvalue weighted by Crippen LogP contribution is -2.57. The zero-order valence-corrected chi connectivity index (χ0v) is 12.7. The molecule has 1 saturated heterocycles. The molecule has 1 fully saturated rings. The summed E-state index contributed by atoms with van der Waals surface area (Å²) in [4.78, 5) is 25.5. The Kier molecular flexibility index (Phi) is 3.85. The van der Waals surface area contributed by atoms with Gasteiger partial charge in [-0.25, -0.2) is 0 Å². The molecule has 1 aliphatic carbocycles. The molecule has 1 unspecified atom stereocenters. The van der Waals surface area contributed by atoms with Crippen LogP contribution in [-0.4, -0.2) is 36.0 Å². The number of ketones is 1. The fourth-order valence-corrected chi connectivity index (χ4v) is 2.83. The Hall–Kier alpha value is -2.71. The first-order valence-corrected chi connectivity index (χ1v) is 7.37. The summed E-state index contributed by atoms with van der Waals surface area (Å²) in [5, 5.41) is 8.82. The number of carbonyl (C=O) groups is 2. The summed E-state index contributed by atoms with van der Waals surface area (Å²) in [5.41, 5.74) is 0.630. The number of nitriles is 1. The quantitative estimate of drug-likeness (QED) is 0.832. The number of hydrogen-bond acceptors (Lipinski definition) is 4. The summed E-state index contributed by atoms with van der Waals surface area (Å²) in [7, 11) is 1.68. The normalized spacial score (nSPS) is 22.4.